The van der Waals surface area contributed by atoms with Crippen LogP contribution in [-0.2, 0) is 0 Å². The lowest BCUT2D eigenvalue weighted by Gasteiger charge is -2.08. The minimum atomic E-state index is -0.495. The van der Waals surface area contributed by atoms with Gasteiger partial charge in [0.1, 0.15) is 10.9 Å². The topological polar surface area (TPSA) is 65.3 Å². The SMILES string of the molecule is COc1ccccc1-c1nc(Cl)ccc1[N+](=O)[O-]. The second-order valence-corrected chi connectivity index (χ2v) is 3.85. The molecule has 0 aliphatic heterocycles. The number of rotatable bonds is 3. The predicted molar refractivity (Wildman–Crippen MR) is 67.9 cm³/mol. The number of benzene rings is 1. The van der Waals surface area contributed by atoms with Crippen LogP contribution in [0.15, 0.2) is 36.4 Å². The molecule has 0 fully saturated rings. The Hall–Kier alpha value is -2.14. The number of para-hydroxylation sites is 1. The summed E-state index contributed by atoms with van der Waals surface area (Å²) in [4.78, 5) is 14.5. The summed E-state index contributed by atoms with van der Waals surface area (Å²) in [5, 5.41) is 11.2. The van der Waals surface area contributed by atoms with E-state index in [1.54, 1.807) is 24.3 Å². The van der Waals surface area contributed by atoms with E-state index in [0.717, 1.165) is 0 Å². The molecule has 1 aromatic carbocycles. The van der Waals surface area contributed by atoms with E-state index in [9.17, 15) is 10.1 Å². The zero-order chi connectivity index (χ0) is 13.1. The molecule has 2 rings (SSSR count). The Labute approximate surface area is 108 Å². The molecule has 0 unspecified atom stereocenters. The van der Waals surface area contributed by atoms with Crippen LogP contribution in [0.5, 0.6) is 5.75 Å². The van der Waals surface area contributed by atoms with Gasteiger partial charge < -0.3 is 4.74 Å². The fourth-order valence-electron chi connectivity index (χ4n) is 1.61. The third kappa shape index (κ3) is 2.26. The average Bonchev–Trinajstić information content (AvgIpc) is 2.38. The van der Waals surface area contributed by atoms with Crippen molar-refractivity contribution < 1.29 is 9.66 Å². The molecule has 0 saturated heterocycles. The first-order chi connectivity index (χ1) is 8.63. The number of aromatic nitrogens is 1. The number of hydrogen-bond donors (Lipinski definition) is 0. The molecule has 0 bridgehead atoms. The maximum absolute atomic E-state index is 11.0. The minimum absolute atomic E-state index is 0.107. The van der Waals surface area contributed by atoms with Crippen LogP contribution in [0.3, 0.4) is 0 Å². The lowest BCUT2D eigenvalue weighted by molar-refractivity contribution is -0.384. The molecular weight excluding hydrogens is 256 g/mol. The number of hydrogen-bond acceptors (Lipinski definition) is 4. The van der Waals surface area contributed by atoms with Crippen molar-refractivity contribution >= 4 is 17.3 Å². The highest BCUT2D eigenvalue weighted by Gasteiger charge is 2.20. The summed E-state index contributed by atoms with van der Waals surface area (Å²) >= 11 is 5.79. The molecule has 5 nitrogen and oxygen atoms in total. The Morgan fingerprint density at radius 3 is 2.67 bits per heavy atom. The standard InChI is InChI=1S/C12H9ClN2O3/c1-18-10-5-3-2-4-8(10)12-9(15(16)17)6-7-11(13)14-12/h2-7H,1H3. The van der Waals surface area contributed by atoms with Crippen LogP contribution in [0, 0.1) is 10.1 Å². The van der Waals surface area contributed by atoms with Crippen molar-refractivity contribution in [3.05, 3.63) is 51.7 Å². The van der Waals surface area contributed by atoms with Gasteiger partial charge in [0, 0.05) is 11.6 Å². The Morgan fingerprint density at radius 2 is 2.00 bits per heavy atom. The van der Waals surface area contributed by atoms with Gasteiger partial charge in [0.05, 0.1) is 12.0 Å². The zero-order valence-corrected chi connectivity index (χ0v) is 10.2. The predicted octanol–water partition coefficient (Wildman–Crippen LogP) is 3.32. The number of nitro groups is 1. The minimum Gasteiger partial charge on any atom is -0.496 e. The molecule has 0 spiro atoms. The highest BCUT2D eigenvalue weighted by atomic mass is 35.5. The van der Waals surface area contributed by atoms with Gasteiger partial charge in [-0.15, -0.1) is 0 Å². The summed E-state index contributed by atoms with van der Waals surface area (Å²) in [6, 6.07) is 9.66. The van der Waals surface area contributed by atoms with E-state index in [1.807, 2.05) is 0 Å². The van der Waals surface area contributed by atoms with Crippen molar-refractivity contribution in [1.29, 1.82) is 0 Å². The van der Waals surface area contributed by atoms with E-state index in [-0.39, 0.29) is 16.5 Å². The summed E-state index contributed by atoms with van der Waals surface area (Å²) in [6.07, 6.45) is 0. The first-order valence-electron chi connectivity index (χ1n) is 5.08. The number of ether oxygens (including phenoxy) is 1. The summed E-state index contributed by atoms with van der Waals surface area (Å²) in [7, 11) is 1.50. The number of nitrogens with zero attached hydrogens (tertiary/aromatic N) is 2. The molecule has 0 aliphatic rings. The van der Waals surface area contributed by atoms with Gasteiger partial charge in [-0.2, -0.15) is 0 Å². The van der Waals surface area contributed by atoms with Crippen LogP contribution in [0.25, 0.3) is 11.3 Å². The van der Waals surface area contributed by atoms with E-state index in [0.29, 0.717) is 11.3 Å². The highest BCUT2D eigenvalue weighted by molar-refractivity contribution is 6.29. The summed E-state index contributed by atoms with van der Waals surface area (Å²) in [6.45, 7) is 0. The van der Waals surface area contributed by atoms with Crippen LogP contribution in [0.1, 0.15) is 0 Å². The van der Waals surface area contributed by atoms with E-state index in [1.165, 1.54) is 19.2 Å². The maximum atomic E-state index is 11.0. The first kappa shape index (κ1) is 12.3. The Balaban J connectivity index is 2.69. The van der Waals surface area contributed by atoms with Crippen LogP contribution in [-0.4, -0.2) is 17.0 Å². The van der Waals surface area contributed by atoms with E-state index in [2.05, 4.69) is 4.98 Å². The largest absolute Gasteiger partial charge is 0.496 e. The molecule has 0 amide bonds. The molecule has 6 heteroatoms. The molecule has 0 aliphatic carbocycles. The fourth-order valence-corrected chi connectivity index (χ4v) is 1.76. The number of methoxy groups -OCH3 is 1. The lowest BCUT2D eigenvalue weighted by Crippen LogP contribution is -1.96. The van der Waals surface area contributed by atoms with Crippen LogP contribution in [0.2, 0.25) is 5.15 Å². The van der Waals surface area contributed by atoms with E-state index in [4.69, 9.17) is 16.3 Å². The Kier molecular flexibility index (Phi) is 3.43. The van der Waals surface area contributed by atoms with Crippen LogP contribution >= 0.6 is 11.6 Å². The molecule has 0 radical (unpaired) electrons. The third-order valence-corrected chi connectivity index (χ3v) is 2.61. The van der Waals surface area contributed by atoms with Gasteiger partial charge in [0.15, 0.2) is 5.69 Å². The molecule has 18 heavy (non-hydrogen) atoms. The summed E-state index contributed by atoms with van der Waals surface area (Å²) < 4.78 is 5.17. The smallest absolute Gasteiger partial charge is 0.295 e. The van der Waals surface area contributed by atoms with E-state index >= 15 is 0 Å². The van der Waals surface area contributed by atoms with Crippen molar-refractivity contribution in [1.82, 2.24) is 4.98 Å². The van der Waals surface area contributed by atoms with Gasteiger partial charge in [0.2, 0.25) is 0 Å². The molecule has 1 heterocycles. The van der Waals surface area contributed by atoms with Crippen molar-refractivity contribution in [2.75, 3.05) is 7.11 Å². The molecule has 0 atom stereocenters. The third-order valence-electron chi connectivity index (χ3n) is 2.40. The van der Waals surface area contributed by atoms with Gasteiger partial charge >= 0.3 is 0 Å². The van der Waals surface area contributed by atoms with Gasteiger partial charge in [-0.25, -0.2) is 4.98 Å². The van der Waals surface area contributed by atoms with Crippen LogP contribution in [0.4, 0.5) is 5.69 Å². The molecule has 92 valence electrons. The lowest BCUT2D eigenvalue weighted by atomic mass is 10.1. The van der Waals surface area contributed by atoms with Gasteiger partial charge in [0.25, 0.3) is 5.69 Å². The van der Waals surface area contributed by atoms with Crippen LogP contribution < -0.4 is 4.74 Å². The average molecular weight is 265 g/mol. The number of halogens is 1. The second kappa shape index (κ2) is 5.01. The maximum Gasteiger partial charge on any atom is 0.295 e. The monoisotopic (exact) mass is 264 g/mol. The summed E-state index contributed by atoms with van der Waals surface area (Å²) in [5.41, 5.74) is 0.628. The molecule has 1 aromatic heterocycles. The van der Waals surface area contributed by atoms with Crippen molar-refractivity contribution in [2.45, 2.75) is 0 Å². The zero-order valence-electron chi connectivity index (χ0n) is 9.46. The molecule has 0 N–H and O–H groups in total. The van der Waals surface area contributed by atoms with Gasteiger partial charge in [-0.1, -0.05) is 23.7 Å². The fraction of sp³-hybridized carbons (Fsp3) is 0.0833. The second-order valence-electron chi connectivity index (χ2n) is 3.46. The summed E-state index contributed by atoms with van der Waals surface area (Å²) in [5.74, 6) is 0.510. The van der Waals surface area contributed by atoms with Crippen molar-refractivity contribution in [3.8, 4) is 17.0 Å². The number of pyridine rings is 1. The molecular formula is C12H9ClN2O3. The Morgan fingerprint density at radius 1 is 1.28 bits per heavy atom. The Bertz CT molecular complexity index is 602. The van der Waals surface area contributed by atoms with E-state index < -0.39 is 4.92 Å². The quantitative estimate of drug-likeness (QED) is 0.485. The van der Waals surface area contributed by atoms with Crippen molar-refractivity contribution in [2.24, 2.45) is 0 Å². The normalized spacial score (nSPS) is 10.1. The first-order valence-corrected chi connectivity index (χ1v) is 5.45. The molecule has 2 aromatic rings. The molecule has 0 saturated carbocycles. The van der Waals surface area contributed by atoms with Gasteiger partial charge in [-0.05, 0) is 18.2 Å². The van der Waals surface area contributed by atoms with Crippen molar-refractivity contribution in [3.63, 3.8) is 0 Å². The highest BCUT2D eigenvalue weighted by Crippen LogP contribution is 2.35. The van der Waals surface area contributed by atoms with Gasteiger partial charge in [-0.3, -0.25) is 10.1 Å².